The van der Waals surface area contributed by atoms with Crippen LogP contribution in [-0.2, 0) is 9.59 Å². The van der Waals surface area contributed by atoms with Crippen molar-refractivity contribution in [3.05, 3.63) is 35.4 Å². The summed E-state index contributed by atoms with van der Waals surface area (Å²) in [5, 5.41) is 8.97. The molecular formula is C19H27F2N3O2. The predicted molar refractivity (Wildman–Crippen MR) is 95.6 cm³/mol. The van der Waals surface area contributed by atoms with E-state index < -0.39 is 11.6 Å². The highest BCUT2D eigenvalue weighted by molar-refractivity contribution is 5.79. The lowest BCUT2D eigenvalue weighted by Gasteiger charge is -2.33. The molecule has 0 aliphatic carbocycles. The van der Waals surface area contributed by atoms with E-state index in [9.17, 15) is 18.4 Å². The van der Waals surface area contributed by atoms with Gasteiger partial charge in [0.15, 0.2) is 11.6 Å². The summed E-state index contributed by atoms with van der Waals surface area (Å²) in [6, 6.07) is 3.80. The minimum absolute atomic E-state index is 0.0632. The maximum atomic E-state index is 13.5. The van der Waals surface area contributed by atoms with Gasteiger partial charge in [-0.05, 0) is 50.9 Å². The summed E-state index contributed by atoms with van der Waals surface area (Å²) >= 11 is 0. The average Bonchev–Trinajstić information content (AvgIpc) is 2.57. The van der Waals surface area contributed by atoms with Gasteiger partial charge in [0.05, 0.1) is 0 Å². The highest BCUT2D eigenvalue weighted by Crippen LogP contribution is 2.27. The summed E-state index contributed by atoms with van der Waals surface area (Å²) in [6.45, 7) is 5.10. The molecule has 1 aromatic rings. The fourth-order valence-electron chi connectivity index (χ4n) is 3.23. The molecule has 0 saturated carbocycles. The van der Waals surface area contributed by atoms with Crippen LogP contribution in [0.3, 0.4) is 0 Å². The van der Waals surface area contributed by atoms with Crippen LogP contribution in [0.4, 0.5) is 8.78 Å². The zero-order valence-electron chi connectivity index (χ0n) is 15.3. The van der Waals surface area contributed by atoms with E-state index in [1.807, 2.05) is 13.8 Å². The molecule has 1 aliphatic rings. The quantitative estimate of drug-likeness (QED) is 0.692. The molecular weight excluding hydrogens is 340 g/mol. The van der Waals surface area contributed by atoms with E-state index >= 15 is 0 Å². The third-order valence-electron chi connectivity index (χ3n) is 4.46. The van der Waals surface area contributed by atoms with Crippen molar-refractivity contribution < 1.29 is 18.4 Å². The molecule has 26 heavy (non-hydrogen) atoms. The maximum absolute atomic E-state index is 13.5. The van der Waals surface area contributed by atoms with Crippen molar-refractivity contribution in [1.82, 2.24) is 16.0 Å². The molecule has 1 fully saturated rings. The second kappa shape index (κ2) is 9.62. The van der Waals surface area contributed by atoms with Crippen molar-refractivity contribution in [3.63, 3.8) is 0 Å². The number of carbonyl (C=O) groups is 2. The van der Waals surface area contributed by atoms with Gasteiger partial charge in [-0.15, -0.1) is 0 Å². The van der Waals surface area contributed by atoms with Crippen LogP contribution in [0.25, 0.3) is 0 Å². The maximum Gasteiger partial charge on any atom is 0.220 e. The Hall–Kier alpha value is -2.02. The summed E-state index contributed by atoms with van der Waals surface area (Å²) in [6.07, 6.45) is 1.76. The van der Waals surface area contributed by atoms with Crippen LogP contribution < -0.4 is 16.0 Å². The zero-order valence-corrected chi connectivity index (χ0v) is 15.3. The lowest BCUT2D eigenvalue weighted by molar-refractivity contribution is -0.123. The number of carbonyl (C=O) groups excluding carboxylic acids is 2. The Bertz CT molecular complexity index is 637. The monoisotopic (exact) mass is 367 g/mol. The molecule has 5 nitrogen and oxygen atoms in total. The first-order valence-corrected chi connectivity index (χ1v) is 9.11. The zero-order chi connectivity index (χ0) is 19.1. The Kier molecular flexibility index (Phi) is 7.50. The van der Waals surface area contributed by atoms with Gasteiger partial charge in [0, 0.05) is 37.4 Å². The van der Waals surface area contributed by atoms with Crippen LogP contribution >= 0.6 is 0 Å². The van der Waals surface area contributed by atoms with Gasteiger partial charge in [-0.25, -0.2) is 8.78 Å². The Morgan fingerprint density at radius 1 is 1.19 bits per heavy atom. The van der Waals surface area contributed by atoms with E-state index in [4.69, 9.17) is 0 Å². The molecule has 2 rings (SSSR count). The van der Waals surface area contributed by atoms with Gasteiger partial charge < -0.3 is 16.0 Å². The van der Waals surface area contributed by atoms with Crippen LogP contribution in [0.1, 0.15) is 51.0 Å². The number of amides is 2. The van der Waals surface area contributed by atoms with E-state index in [1.165, 1.54) is 6.07 Å². The molecule has 2 unspecified atom stereocenters. The number of nitrogens with one attached hydrogen (secondary N) is 3. The minimum atomic E-state index is -0.873. The number of hydrogen-bond acceptors (Lipinski definition) is 3. The van der Waals surface area contributed by atoms with Crippen LogP contribution in [0.2, 0.25) is 0 Å². The first-order chi connectivity index (χ1) is 12.4. The molecule has 1 aromatic carbocycles. The largest absolute Gasteiger partial charge is 0.354 e. The highest BCUT2D eigenvalue weighted by atomic mass is 19.2. The van der Waals surface area contributed by atoms with E-state index in [2.05, 4.69) is 16.0 Å². The number of halogens is 2. The molecule has 144 valence electrons. The molecule has 3 N–H and O–H groups in total. The van der Waals surface area contributed by atoms with Crippen molar-refractivity contribution >= 4 is 11.8 Å². The fourth-order valence-corrected chi connectivity index (χ4v) is 3.23. The first-order valence-electron chi connectivity index (χ1n) is 9.11. The van der Waals surface area contributed by atoms with Gasteiger partial charge in [-0.2, -0.15) is 0 Å². The average molecular weight is 367 g/mol. The molecule has 2 atom stereocenters. The predicted octanol–water partition coefficient (Wildman–Crippen LogP) is 2.22. The van der Waals surface area contributed by atoms with Crippen molar-refractivity contribution in [2.45, 2.75) is 57.5 Å². The summed E-state index contributed by atoms with van der Waals surface area (Å²) in [7, 11) is 0. The lowest BCUT2D eigenvalue weighted by atomic mass is 9.86. The van der Waals surface area contributed by atoms with Gasteiger partial charge in [0.1, 0.15) is 0 Å². The molecule has 1 heterocycles. The van der Waals surface area contributed by atoms with Gasteiger partial charge in [0.2, 0.25) is 11.8 Å². The number of piperidine rings is 1. The molecule has 7 heteroatoms. The second-order valence-corrected chi connectivity index (χ2v) is 7.02. The van der Waals surface area contributed by atoms with Crippen molar-refractivity contribution in [2.75, 3.05) is 13.1 Å². The lowest BCUT2D eigenvalue weighted by Crippen LogP contribution is -2.50. The standard InChI is InChI=1S/C19H27F2N3O2/c1-12(2)23-18(25)4-3-5-19(26)24-17-11-22-9-8-14(17)13-6-7-15(20)16(21)10-13/h6-7,10,12,14,17,22H,3-5,8-9,11H2,1-2H3,(H,23,25)(H,24,26). The van der Waals surface area contributed by atoms with E-state index in [1.54, 1.807) is 6.07 Å². The second-order valence-electron chi connectivity index (χ2n) is 7.02. The normalized spacial score (nSPS) is 20.0. The van der Waals surface area contributed by atoms with Crippen LogP contribution in [0, 0.1) is 11.6 Å². The Labute approximate surface area is 152 Å². The highest BCUT2D eigenvalue weighted by Gasteiger charge is 2.28. The number of benzene rings is 1. The van der Waals surface area contributed by atoms with E-state index in [-0.39, 0.29) is 36.2 Å². The van der Waals surface area contributed by atoms with Crippen LogP contribution in [0.5, 0.6) is 0 Å². The van der Waals surface area contributed by atoms with Gasteiger partial charge >= 0.3 is 0 Å². The van der Waals surface area contributed by atoms with Gasteiger partial charge in [0.25, 0.3) is 0 Å². The summed E-state index contributed by atoms with van der Waals surface area (Å²) < 4.78 is 26.7. The number of hydrogen-bond donors (Lipinski definition) is 3. The molecule has 0 spiro atoms. The molecule has 1 saturated heterocycles. The van der Waals surface area contributed by atoms with E-state index in [0.29, 0.717) is 24.9 Å². The molecule has 0 bridgehead atoms. The van der Waals surface area contributed by atoms with Crippen molar-refractivity contribution in [2.24, 2.45) is 0 Å². The van der Waals surface area contributed by atoms with Crippen molar-refractivity contribution in [1.29, 1.82) is 0 Å². The molecule has 1 aliphatic heterocycles. The molecule has 0 radical (unpaired) electrons. The number of rotatable bonds is 7. The van der Waals surface area contributed by atoms with Gasteiger partial charge in [-0.1, -0.05) is 6.07 Å². The summed E-state index contributed by atoms with van der Waals surface area (Å²) in [5.74, 6) is -2.01. The molecule has 0 aromatic heterocycles. The van der Waals surface area contributed by atoms with Crippen LogP contribution in [0.15, 0.2) is 18.2 Å². The van der Waals surface area contributed by atoms with Crippen LogP contribution in [-0.4, -0.2) is 37.0 Å². The SMILES string of the molecule is CC(C)NC(=O)CCCC(=O)NC1CNCCC1c1ccc(F)c(F)c1. The Balaban J connectivity index is 1.88. The van der Waals surface area contributed by atoms with Gasteiger partial charge in [-0.3, -0.25) is 9.59 Å². The molecule has 2 amide bonds. The fraction of sp³-hybridized carbons (Fsp3) is 0.579. The third kappa shape index (κ3) is 6.05. The Morgan fingerprint density at radius 3 is 2.62 bits per heavy atom. The summed E-state index contributed by atoms with van der Waals surface area (Å²) in [4.78, 5) is 23.8. The van der Waals surface area contributed by atoms with E-state index in [0.717, 1.165) is 19.0 Å². The third-order valence-corrected chi connectivity index (χ3v) is 4.46. The summed E-state index contributed by atoms with van der Waals surface area (Å²) in [5.41, 5.74) is 0.687. The smallest absolute Gasteiger partial charge is 0.220 e. The Morgan fingerprint density at radius 2 is 1.92 bits per heavy atom. The van der Waals surface area contributed by atoms with Crippen molar-refractivity contribution in [3.8, 4) is 0 Å². The minimum Gasteiger partial charge on any atom is -0.354 e. The first kappa shape index (κ1) is 20.3. The topological polar surface area (TPSA) is 70.2 Å².